The summed E-state index contributed by atoms with van der Waals surface area (Å²) in [7, 11) is 0. The second-order valence-electron chi connectivity index (χ2n) is 2.89. The molecular formula is C8H14O2. The van der Waals surface area contributed by atoms with Gasteiger partial charge in [0, 0.05) is 6.92 Å². The molecule has 0 heterocycles. The standard InChI is InChI=1S/C8H14O2/c1-3-8(7-4-5-7)10-6(2)9/h7-8H,3-5H2,1-2H3/t8-/m1/s1. The molecule has 10 heavy (non-hydrogen) atoms. The Morgan fingerprint density at radius 1 is 1.70 bits per heavy atom. The van der Waals surface area contributed by atoms with E-state index in [9.17, 15) is 4.79 Å². The molecule has 0 spiro atoms. The van der Waals surface area contributed by atoms with Gasteiger partial charge < -0.3 is 4.74 Å². The van der Waals surface area contributed by atoms with Gasteiger partial charge in [0.2, 0.25) is 0 Å². The van der Waals surface area contributed by atoms with Gasteiger partial charge in [-0.15, -0.1) is 0 Å². The lowest BCUT2D eigenvalue weighted by atomic mass is 10.2. The normalized spacial score (nSPS) is 20.2. The van der Waals surface area contributed by atoms with Crippen LogP contribution in [0.4, 0.5) is 0 Å². The van der Waals surface area contributed by atoms with E-state index in [4.69, 9.17) is 4.74 Å². The first-order valence-corrected chi connectivity index (χ1v) is 3.91. The molecule has 0 saturated heterocycles. The van der Waals surface area contributed by atoms with Gasteiger partial charge >= 0.3 is 5.97 Å². The van der Waals surface area contributed by atoms with Gasteiger partial charge in [-0.2, -0.15) is 0 Å². The predicted molar refractivity (Wildman–Crippen MR) is 38.6 cm³/mol. The number of hydrogen-bond acceptors (Lipinski definition) is 2. The zero-order valence-electron chi connectivity index (χ0n) is 6.59. The van der Waals surface area contributed by atoms with E-state index in [1.165, 1.54) is 19.8 Å². The number of carbonyl (C=O) groups excluding carboxylic acids is 1. The monoisotopic (exact) mass is 142 g/mol. The van der Waals surface area contributed by atoms with Crippen molar-refractivity contribution in [2.75, 3.05) is 0 Å². The minimum Gasteiger partial charge on any atom is -0.462 e. The van der Waals surface area contributed by atoms with E-state index >= 15 is 0 Å². The quantitative estimate of drug-likeness (QED) is 0.561. The topological polar surface area (TPSA) is 26.3 Å². The predicted octanol–water partition coefficient (Wildman–Crippen LogP) is 1.74. The number of carbonyl (C=O) groups is 1. The summed E-state index contributed by atoms with van der Waals surface area (Å²) in [6.45, 7) is 3.54. The second-order valence-corrected chi connectivity index (χ2v) is 2.89. The summed E-state index contributed by atoms with van der Waals surface area (Å²) in [5.41, 5.74) is 0. The van der Waals surface area contributed by atoms with E-state index in [1.54, 1.807) is 0 Å². The molecule has 0 bridgehead atoms. The molecule has 58 valence electrons. The maximum atomic E-state index is 10.5. The van der Waals surface area contributed by atoms with Crippen LogP contribution in [0.25, 0.3) is 0 Å². The van der Waals surface area contributed by atoms with Gasteiger partial charge in [0.1, 0.15) is 6.10 Å². The molecule has 0 unspecified atom stereocenters. The molecule has 0 radical (unpaired) electrons. The Labute approximate surface area is 61.6 Å². The third-order valence-electron chi connectivity index (χ3n) is 1.87. The molecule has 2 heteroatoms. The fourth-order valence-corrected chi connectivity index (χ4v) is 1.19. The van der Waals surface area contributed by atoms with Gasteiger partial charge in [0.05, 0.1) is 0 Å². The van der Waals surface area contributed by atoms with Crippen LogP contribution in [0.3, 0.4) is 0 Å². The summed E-state index contributed by atoms with van der Waals surface area (Å²) in [5, 5.41) is 0. The molecule has 1 aliphatic rings. The maximum absolute atomic E-state index is 10.5. The van der Waals surface area contributed by atoms with Crippen LogP contribution in [0, 0.1) is 5.92 Å². The Hall–Kier alpha value is -0.530. The minimum absolute atomic E-state index is 0.140. The average Bonchev–Trinajstić information content (AvgIpc) is 2.63. The van der Waals surface area contributed by atoms with E-state index in [1.807, 2.05) is 0 Å². The van der Waals surface area contributed by atoms with Gasteiger partial charge in [-0.25, -0.2) is 0 Å². The van der Waals surface area contributed by atoms with Crippen molar-refractivity contribution >= 4 is 5.97 Å². The SMILES string of the molecule is CC[C@@H](OC(C)=O)C1CC1. The molecule has 1 atom stereocenters. The highest BCUT2D eigenvalue weighted by molar-refractivity contribution is 5.66. The Balaban J connectivity index is 2.25. The second kappa shape index (κ2) is 3.04. The molecular weight excluding hydrogens is 128 g/mol. The van der Waals surface area contributed by atoms with E-state index in [0.717, 1.165) is 6.42 Å². The zero-order chi connectivity index (χ0) is 7.56. The Morgan fingerprint density at radius 3 is 2.60 bits per heavy atom. The van der Waals surface area contributed by atoms with E-state index in [0.29, 0.717) is 5.92 Å². The average molecular weight is 142 g/mol. The zero-order valence-corrected chi connectivity index (χ0v) is 6.59. The third-order valence-corrected chi connectivity index (χ3v) is 1.87. The molecule has 2 nitrogen and oxygen atoms in total. The van der Waals surface area contributed by atoms with Crippen LogP contribution in [0.5, 0.6) is 0 Å². The molecule has 0 aromatic heterocycles. The maximum Gasteiger partial charge on any atom is 0.302 e. The fraction of sp³-hybridized carbons (Fsp3) is 0.875. The molecule has 0 aromatic rings. The first kappa shape index (κ1) is 7.58. The van der Waals surface area contributed by atoms with Gasteiger partial charge in [0.15, 0.2) is 0 Å². The van der Waals surface area contributed by atoms with Crippen LogP contribution in [0.2, 0.25) is 0 Å². The van der Waals surface area contributed by atoms with Crippen LogP contribution in [-0.2, 0) is 9.53 Å². The van der Waals surface area contributed by atoms with Gasteiger partial charge in [0.25, 0.3) is 0 Å². The summed E-state index contributed by atoms with van der Waals surface area (Å²) in [5.74, 6) is 0.535. The Morgan fingerprint density at radius 2 is 2.30 bits per heavy atom. The molecule has 0 amide bonds. The largest absolute Gasteiger partial charge is 0.462 e. The van der Waals surface area contributed by atoms with Crippen molar-refractivity contribution in [1.29, 1.82) is 0 Å². The first-order chi connectivity index (χ1) is 4.74. The van der Waals surface area contributed by atoms with Gasteiger partial charge in [-0.3, -0.25) is 4.79 Å². The number of hydrogen-bond donors (Lipinski definition) is 0. The fourth-order valence-electron chi connectivity index (χ4n) is 1.19. The molecule has 1 aliphatic carbocycles. The van der Waals surface area contributed by atoms with E-state index in [-0.39, 0.29) is 12.1 Å². The van der Waals surface area contributed by atoms with Gasteiger partial charge in [-0.1, -0.05) is 6.92 Å². The Kier molecular flexibility index (Phi) is 2.30. The van der Waals surface area contributed by atoms with Crippen molar-refractivity contribution in [1.82, 2.24) is 0 Å². The highest BCUT2D eigenvalue weighted by Gasteiger charge is 2.31. The summed E-state index contributed by atoms with van der Waals surface area (Å²) in [6.07, 6.45) is 3.65. The van der Waals surface area contributed by atoms with Crippen LogP contribution in [-0.4, -0.2) is 12.1 Å². The van der Waals surface area contributed by atoms with Crippen molar-refractivity contribution < 1.29 is 9.53 Å². The van der Waals surface area contributed by atoms with Crippen LogP contribution in [0.15, 0.2) is 0 Å². The highest BCUT2D eigenvalue weighted by atomic mass is 16.5. The lowest BCUT2D eigenvalue weighted by Gasteiger charge is -2.12. The first-order valence-electron chi connectivity index (χ1n) is 3.91. The van der Waals surface area contributed by atoms with Crippen molar-refractivity contribution in [3.8, 4) is 0 Å². The summed E-state index contributed by atoms with van der Waals surface area (Å²) < 4.78 is 5.08. The molecule has 0 aliphatic heterocycles. The number of ether oxygens (including phenoxy) is 1. The van der Waals surface area contributed by atoms with Crippen LogP contribution >= 0.6 is 0 Å². The van der Waals surface area contributed by atoms with Crippen LogP contribution in [0.1, 0.15) is 33.1 Å². The molecule has 1 fully saturated rings. The lowest BCUT2D eigenvalue weighted by molar-refractivity contribution is -0.147. The number of rotatable bonds is 3. The van der Waals surface area contributed by atoms with Gasteiger partial charge in [-0.05, 0) is 25.2 Å². The van der Waals surface area contributed by atoms with Crippen molar-refractivity contribution in [2.45, 2.75) is 39.2 Å². The van der Waals surface area contributed by atoms with Crippen molar-refractivity contribution in [3.63, 3.8) is 0 Å². The van der Waals surface area contributed by atoms with Crippen LogP contribution < -0.4 is 0 Å². The molecule has 0 aromatic carbocycles. The lowest BCUT2D eigenvalue weighted by Crippen LogP contribution is -2.16. The summed E-state index contributed by atoms with van der Waals surface area (Å²) >= 11 is 0. The number of esters is 1. The van der Waals surface area contributed by atoms with Crippen molar-refractivity contribution in [2.24, 2.45) is 5.92 Å². The van der Waals surface area contributed by atoms with E-state index in [2.05, 4.69) is 6.92 Å². The smallest absolute Gasteiger partial charge is 0.302 e. The van der Waals surface area contributed by atoms with E-state index < -0.39 is 0 Å². The molecule has 1 saturated carbocycles. The summed E-state index contributed by atoms with van der Waals surface area (Å²) in [4.78, 5) is 10.5. The summed E-state index contributed by atoms with van der Waals surface area (Å²) in [6, 6.07) is 0. The Bertz CT molecular complexity index is 127. The molecule has 1 rings (SSSR count). The highest BCUT2D eigenvalue weighted by Crippen LogP contribution is 2.35. The van der Waals surface area contributed by atoms with Crippen molar-refractivity contribution in [3.05, 3.63) is 0 Å². The third kappa shape index (κ3) is 2.01. The minimum atomic E-state index is -0.140. The molecule has 0 N–H and O–H groups in total.